The van der Waals surface area contributed by atoms with Crippen molar-refractivity contribution in [3.8, 4) is 5.75 Å². The molecule has 0 radical (unpaired) electrons. The summed E-state index contributed by atoms with van der Waals surface area (Å²) in [6.07, 6.45) is 4.34. The van der Waals surface area contributed by atoms with Crippen LogP contribution < -0.4 is 21.3 Å². The summed E-state index contributed by atoms with van der Waals surface area (Å²) in [6, 6.07) is 6.69. The van der Waals surface area contributed by atoms with Gasteiger partial charge in [0, 0.05) is 5.56 Å². The van der Waals surface area contributed by atoms with Crippen LogP contribution >= 0.6 is 12.4 Å². The first-order chi connectivity index (χ1) is 11.6. The molecule has 0 spiro atoms. The van der Waals surface area contributed by atoms with Crippen molar-refractivity contribution in [2.45, 2.75) is 0 Å². The lowest BCUT2D eigenvalue weighted by Gasteiger charge is -2.06. The zero-order chi connectivity index (χ0) is 17.1. The van der Waals surface area contributed by atoms with Crippen molar-refractivity contribution in [2.24, 2.45) is 5.84 Å². The maximum atomic E-state index is 12.2. The molecule has 0 unspecified atom stereocenters. The average Bonchev–Trinajstić information content (AvgIpc) is 3.04. The molecule has 9 nitrogen and oxygen atoms in total. The maximum Gasteiger partial charge on any atom is 0.270 e. The van der Waals surface area contributed by atoms with Crippen LogP contribution in [0.15, 0.2) is 42.9 Å². The van der Waals surface area contributed by atoms with Crippen LogP contribution in [0.25, 0.3) is 5.65 Å². The minimum absolute atomic E-state index is 0. The van der Waals surface area contributed by atoms with E-state index in [0.717, 1.165) is 0 Å². The highest BCUT2D eigenvalue weighted by Gasteiger charge is 2.14. The molecule has 0 saturated heterocycles. The Hall–Kier alpha value is -3.17. The smallest absolute Gasteiger partial charge is 0.270 e. The summed E-state index contributed by atoms with van der Waals surface area (Å²) in [5.41, 5.74) is 3.51. The molecule has 1 aromatic carbocycles. The fourth-order valence-corrected chi connectivity index (χ4v) is 2.12. The van der Waals surface area contributed by atoms with Crippen LogP contribution in [-0.2, 0) is 0 Å². The third-order valence-corrected chi connectivity index (χ3v) is 3.34. The summed E-state index contributed by atoms with van der Waals surface area (Å²) in [5.74, 6) is 4.98. The molecule has 2 heterocycles. The standard InChI is InChI=1S/C15H14N6O3.ClH/c1-24-11-4-2-9(3-5-11)14(22)19-10-6-17-13-12(15(23)20-16)7-18-21(13)8-10;/h2-8H,16H2,1H3,(H,19,22)(H,20,23);1H. The Balaban J connectivity index is 0.00000225. The van der Waals surface area contributed by atoms with Crippen molar-refractivity contribution in [3.05, 3.63) is 54.0 Å². The predicted octanol–water partition coefficient (Wildman–Crippen LogP) is 1.02. The average molecular weight is 363 g/mol. The molecule has 25 heavy (non-hydrogen) atoms. The molecule has 0 aliphatic carbocycles. The number of fused-ring (bicyclic) bond motifs is 1. The molecule has 0 saturated carbocycles. The normalized spacial score (nSPS) is 10.0. The molecule has 0 bridgehead atoms. The van der Waals surface area contributed by atoms with Crippen LogP contribution in [0.1, 0.15) is 20.7 Å². The third kappa shape index (κ3) is 3.67. The van der Waals surface area contributed by atoms with Gasteiger partial charge in [-0.25, -0.2) is 15.3 Å². The second-order valence-electron chi connectivity index (χ2n) is 4.83. The number of nitrogen functional groups attached to an aromatic ring is 1. The molecule has 0 aliphatic rings. The van der Waals surface area contributed by atoms with Crippen LogP contribution in [0.3, 0.4) is 0 Å². The lowest BCUT2D eigenvalue weighted by atomic mass is 10.2. The largest absolute Gasteiger partial charge is 0.497 e. The number of aromatic nitrogens is 3. The van der Waals surface area contributed by atoms with E-state index in [1.807, 2.05) is 5.43 Å². The Bertz CT molecular complexity index is 909. The van der Waals surface area contributed by atoms with Gasteiger partial charge in [0.2, 0.25) is 0 Å². The fourth-order valence-electron chi connectivity index (χ4n) is 2.12. The molecular weight excluding hydrogens is 348 g/mol. The van der Waals surface area contributed by atoms with Gasteiger partial charge in [-0.2, -0.15) is 5.10 Å². The van der Waals surface area contributed by atoms with Crippen LogP contribution in [0.4, 0.5) is 5.69 Å². The number of methoxy groups -OCH3 is 1. The number of anilines is 1. The SMILES string of the molecule is COc1ccc(C(=O)Nc2cnc3c(C(=O)NN)cnn3c2)cc1.Cl. The second-order valence-corrected chi connectivity index (χ2v) is 4.83. The number of hydrogen-bond donors (Lipinski definition) is 3. The van der Waals surface area contributed by atoms with E-state index < -0.39 is 5.91 Å². The first-order valence-electron chi connectivity index (χ1n) is 6.92. The van der Waals surface area contributed by atoms with Crippen molar-refractivity contribution in [2.75, 3.05) is 12.4 Å². The van der Waals surface area contributed by atoms with Gasteiger partial charge in [-0.1, -0.05) is 0 Å². The van der Waals surface area contributed by atoms with Crippen LogP contribution in [0.5, 0.6) is 5.75 Å². The van der Waals surface area contributed by atoms with Gasteiger partial charge in [0.15, 0.2) is 5.65 Å². The molecule has 2 amide bonds. The predicted molar refractivity (Wildman–Crippen MR) is 92.8 cm³/mol. The highest BCUT2D eigenvalue weighted by atomic mass is 35.5. The van der Waals surface area contributed by atoms with Crippen molar-refractivity contribution in [1.82, 2.24) is 20.0 Å². The Morgan fingerprint density at radius 2 is 1.88 bits per heavy atom. The number of carbonyl (C=O) groups excluding carboxylic acids is 2. The quantitative estimate of drug-likeness (QED) is 0.361. The number of nitrogens with one attached hydrogen (secondary N) is 2. The van der Waals surface area contributed by atoms with Gasteiger partial charge in [-0.3, -0.25) is 15.0 Å². The summed E-state index contributed by atoms with van der Waals surface area (Å²) in [7, 11) is 1.55. The number of halogens is 1. The van der Waals surface area contributed by atoms with E-state index in [0.29, 0.717) is 22.6 Å². The summed E-state index contributed by atoms with van der Waals surface area (Å²) < 4.78 is 6.43. The minimum atomic E-state index is -0.493. The Labute approximate surface area is 148 Å². The fraction of sp³-hybridized carbons (Fsp3) is 0.0667. The topological polar surface area (TPSA) is 124 Å². The van der Waals surface area contributed by atoms with E-state index in [1.54, 1.807) is 37.6 Å². The van der Waals surface area contributed by atoms with Gasteiger partial charge in [-0.15, -0.1) is 12.4 Å². The van der Waals surface area contributed by atoms with Gasteiger partial charge in [0.05, 0.1) is 31.4 Å². The number of hydrazine groups is 1. The van der Waals surface area contributed by atoms with Crippen molar-refractivity contribution >= 4 is 35.6 Å². The number of rotatable bonds is 4. The van der Waals surface area contributed by atoms with Crippen LogP contribution in [0, 0.1) is 0 Å². The first-order valence-corrected chi connectivity index (χ1v) is 6.92. The molecular formula is C15H15ClN6O3. The Kier molecular flexibility index (Phi) is 5.52. The molecule has 130 valence electrons. The van der Waals surface area contributed by atoms with Gasteiger partial charge in [0.25, 0.3) is 11.8 Å². The zero-order valence-corrected chi connectivity index (χ0v) is 13.9. The lowest BCUT2D eigenvalue weighted by molar-refractivity contribution is 0.0954. The molecule has 3 aromatic rings. The number of ether oxygens (including phenoxy) is 1. The van der Waals surface area contributed by atoms with E-state index in [4.69, 9.17) is 10.6 Å². The van der Waals surface area contributed by atoms with Crippen LogP contribution in [0.2, 0.25) is 0 Å². The summed E-state index contributed by atoms with van der Waals surface area (Å²) >= 11 is 0. The molecule has 0 fully saturated rings. The Morgan fingerprint density at radius 3 is 2.52 bits per heavy atom. The summed E-state index contributed by atoms with van der Waals surface area (Å²) in [6.45, 7) is 0. The number of amides is 2. The molecule has 10 heteroatoms. The van der Waals surface area contributed by atoms with E-state index in [-0.39, 0.29) is 23.9 Å². The minimum Gasteiger partial charge on any atom is -0.497 e. The molecule has 3 rings (SSSR count). The lowest BCUT2D eigenvalue weighted by Crippen LogP contribution is -2.29. The van der Waals surface area contributed by atoms with Gasteiger partial charge < -0.3 is 10.1 Å². The molecule has 4 N–H and O–H groups in total. The number of nitrogens with zero attached hydrogens (tertiary/aromatic N) is 3. The second kappa shape index (κ2) is 7.60. The highest BCUT2D eigenvalue weighted by molar-refractivity contribution is 6.04. The van der Waals surface area contributed by atoms with Crippen LogP contribution in [-0.4, -0.2) is 33.5 Å². The highest BCUT2D eigenvalue weighted by Crippen LogP contribution is 2.15. The number of hydrogen-bond acceptors (Lipinski definition) is 6. The van der Waals surface area contributed by atoms with Gasteiger partial charge in [0.1, 0.15) is 11.3 Å². The van der Waals surface area contributed by atoms with E-state index >= 15 is 0 Å². The van der Waals surface area contributed by atoms with Crippen molar-refractivity contribution < 1.29 is 14.3 Å². The summed E-state index contributed by atoms with van der Waals surface area (Å²) in [4.78, 5) is 27.9. The van der Waals surface area contributed by atoms with Crippen molar-refractivity contribution in [3.63, 3.8) is 0 Å². The number of benzene rings is 1. The van der Waals surface area contributed by atoms with E-state index in [2.05, 4.69) is 15.4 Å². The van der Waals surface area contributed by atoms with Gasteiger partial charge in [-0.05, 0) is 24.3 Å². The monoisotopic (exact) mass is 362 g/mol. The first kappa shape index (κ1) is 18.2. The van der Waals surface area contributed by atoms with E-state index in [1.165, 1.54) is 16.9 Å². The Morgan fingerprint density at radius 1 is 1.16 bits per heavy atom. The maximum absolute atomic E-state index is 12.2. The van der Waals surface area contributed by atoms with E-state index in [9.17, 15) is 9.59 Å². The zero-order valence-electron chi connectivity index (χ0n) is 13.1. The number of carbonyl (C=O) groups is 2. The molecule has 2 aromatic heterocycles. The van der Waals surface area contributed by atoms with Gasteiger partial charge >= 0.3 is 0 Å². The number of nitrogens with two attached hydrogens (primary N) is 1. The summed E-state index contributed by atoms with van der Waals surface area (Å²) in [5, 5.41) is 6.73. The third-order valence-electron chi connectivity index (χ3n) is 3.34. The molecule has 0 aliphatic heterocycles. The van der Waals surface area contributed by atoms with Crippen molar-refractivity contribution in [1.29, 1.82) is 0 Å². The molecule has 0 atom stereocenters.